The van der Waals surface area contributed by atoms with E-state index in [2.05, 4.69) is 10.2 Å². The lowest BCUT2D eigenvalue weighted by Crippen LogP contribution is -2.55. The van der Waals surface area contributed by atoms with E-state index in [4.69, 9.17) is 13.9 Å². The van der Waals surface area contributed by atoms with Crippen LogP contribution in [-0.4, -0.2) is 68.8 Å². The summed E-state index contributed by atoms with van der Waals surface area (Å²) < 4.78 is 17.0. The Morgan fingerprint density at radius 3 is 2.42 bits per heavy atom. The Labute approximate surface area is 191 Å². The number of ether oxygens (including phenoxy) is 2. The number of hydrogen-bond donors (Lipinski definition) is 4. The first kappa shape index (κ1) is 23.3. The van der Waals surface area contributed by atoms with Crippen LogP contribution in [0.15, 0.2) is 40.8 Å². The minimum atomic E-state index is -1.44. The van der Waals surface area contributed by atoms with Gasteiger partial charge in [0.1, 0.15) is 36.3 Å². The summed E-state index contributed by atoms with van der Waals surface area (Å²) in [5.74, 6) is 1.46. The number of aliphatic hydroxyl groups is 4. The van der Waals surface area contributed by atoms with E-state index in [9.17, 15) is 20.4 Å². The molecule has 4 rings (SSSR count). The highest BCUT2D eigenvalue weighted by atomic mass is 16.5. The molecule has 3 aromatic rings. The third-order valence-electron chi connectivity index (χ3n) is 6.03. The first-order chi connectivity index (χ1) is 15.9. The second-order valence-corrected chi connectivity index (χ2v) is 8.02. The number of rotatable bonds is 6. The van der Waals surface area contributed by atoms with Crippen LogP contribution in [0.5, 0.6) is 5.75 Å². The van der Waals surface area contributed by atoms with Crippen molar-refractivity contribution in [1.29, 1.82) is 0 Å². The number of methoxy groups -OCH3 is 1. The molecule has 5 atom stereocenters. The normalized spacial score (nSPS) is 25.2. The minimum Gasteiger partial charge on any atom is -0.496 e. The van der Waals surface area contributed by atoms with Gasteiger partial charge in [0.25, 0.3) is 0 Å². The lowest BCUT2D eigenvalue weighted by molar-refractivity contribution is -0.231. The lowest BCUT2D eigenvalue weighted by Gasteiger charge is -2.41. The van der Waals surface area contributed by atoms with Gasteiger partial charge in [-0.25, -0.2) is 0 Å². The Morgan fingerprint density at radius 2 is 1.79 bits per heavy atom. The van der Waals surface area contributed by atoms with Crippen LogP contribution in [0, 0.1) is 6.92 Å². The molecule has 0 radical (unpaired) electrons. The third-order valence-corrected chi connectivity index (χ3v) is 6.03. The molecule has 176 valence electrons. The molecule has 0 aliphatic carbocycles. The highest BCUT2D eigenvalue weighted by Gasteiger charge is 2.44. The molecule has 9 nitrogen and oxygen atoms in total. The topological polar surface area (TPSA) is 138 Å². The Kier molecular flexibility index (Phi) is 6.78. The molecule has 1 aliphatic heterocycles. The smallest absolute Gasteiger partial charge is 0.247 e. The molecular formula is C24H28N2O7. The Morgan fingerprint density at radius 1 is 1.00 bits per heavy atom. The van der Waals surface area contributed by atoms with Crippen LogP contribution in [0.2, 0.25) is 0 Å². The van der Waals surface area contributed by atoms with E-state index in [-0.39, 0.29) is 0 Å². The zero-order valence-corrected chi connectivity index (χ0v) is 18.7. The SMILES string of the molecule is CCc1c(-c2ccc(-c3nnc(C)o3)cc2OC)cccc1[C@H]1O[C@H](CO)[C@@H](O)[C@H](O)[C@@H]1O. The van der Waals surface area contributed by atoms with Gasteiger partial charge in [0.2, 0.25) is 11.8 Å². The zero-order chi connectivity index (χ0) is 23.7. The number of aliphatic hydroxyl groups excluding tert-OH is 4. The number of benzene rings is 2. The first-order valence-corrected chi connectivity index (χ1v) is 10.8. The average molecular weight is 456 g/mol. The molecule has 0 saturated carbocycles. The zero-order valence-electron chi connectivity index (χ0n) is 18.7. The summed E-state index contributed by atoms with van der Waals surface area (Å²) in [7, 11) is 1.58. The van der Waals surface area contributed by atoms with Crippen molar-refractivity contribution in [1.82, 2.24) is 10.2 Å². The molecule has 0 spiro atoms. The van der Waals surface area contributed by atoms with E-state index in [0.29, 0.717) is 29.5 Å². The summed E-state index contributed by atoms with van der Waals surface area (Å²) in [6.45, 7) is 3.22. The van der Waals surface area contributed by atoms with Crippen molar-refractivity contribution in [2.75, 3.05) is 13.7 Å². The van der Waals surface area contributed by atoms with Crippen LogP contribution in [0.4, 0.5) is 0 Å². The van der Waals surface area contributed by atoms with Gasteiger partial charge < -0.3 is 34.3 Å². The molecule has 33 heavy (non-hydrogen) atoms. The van der Waals surface area contributed by atoms with Crippen LogP contribution in [0.25, 0.3) is 22.6 Å². The van der Waals surface area contributed by atoms with Crippen molar-refractivity contribution >= 4 is 0 Å². The fraction of sp³-hybridized carbons (Fsp3) is 0.417. The molecule has 1 aromatic heterocycles. The molecule has 1 fully saturated rings. The fourth-order valence-corrected chi connectivity index (χ4v) is 4.34. The van der Waals surface area contributed by atoms with E-state index in [1.165, 1.54) is 0 Å². The van der Waals surface area contributed by atoms with Gasteiger partial charge in [-0.2, -0.15) is 0 Å². The van der Waals surface area contributed by atoms with E-state index < -0.39 is 37.1 Å². The predicted molar refractivity (Wildman–Crippen MR) is 119 cm³/mol. The van der Waals surface area contributed by atoms with Crippen LogP contribution in [0.1, 0.15) is 30.0 Å². The van der Waals surface area contributed by atoms with Crippen LogP contribution >= 0.6 is 0 Å². The highest BCUT2D eigenvalue weighted by molar-refractivity contribution is 5.77. The maximum atomic E-state index is 10.7. The van der Waals surface area contributed by atoms with Crippen molar-refractivity contribution < 1.29 is 34.3 Å². The van der Waals surface area contributed by atoms with Crippen molar-refractivity contribution in [3.05, 3.63) is 53.4 Å². The van der Waals surface area contributed by atoms with Crippen molar-refractivity contribution in [3.63, 3.8) is 0 Å². The molecule has 0 bridgehead atoms. The number of aryl methyl sites for hydroxylation is 1. The van der Waals surface area contributed by atoms with Crippen molar-refractivity contribution in [2.24, 2.45) is 0 Å². The molecule has 1 aliphatic rings. The highest BCUT2D eigenvalue weighted by Crippen LogP contribution is 2.41. The quantitative estimate of drug-likeness (QED) is 0.437. The monoisotopic (exact) mass is 456 g/mol. The molecule has 0 unspecified atom stereocenters. The first-order valence-electron chi connectivity index (χ1n) is 10.8. The number of aromatic nitrogens is 2. The van der Waals surface area contributed by atoms with Gasteiger partial charge in [0.05, 0.1) is 13.7 Å². The summed E-state index contributed by atoms with van der Waals surface area (Å²) in [4.78, 5) is 0. The Hall–Kier alpha value is -2.82. The molecule has 4 N–H and O–H groups in total. The third kappa shape index (κ3) is 4.25. The van der Waals surface area contributed by atoms with Crippen LogP contribution < -0.4 is 4.74 Å². The molecule has 1 saturated heterocycles. The van der Waals surface area contributed by atoms with Gasteiger partial charge in [-0.05, 0) is 41.3 Å². The summed E-state index contributed by atoms with van der Waals surface area (Å²) in [5, 5.41) is 48.6. The molecule has 9 heteroatoms. The molecule has 2 heterocycles. The average Bonchev–Trinajstić information content (AvgIpc) is 3.28. The Bertz CT molecular complexity index is 1110. The second-order valence-electron chi connectivity index (χ2n) is 8.02. The fourth-order valence-electron chi connectivity index (χ4n) is 4.34. The number of hydrogen-bond acceptors (Lipinski definition) is 9. The standard InChI is InChI=1S/C24H28N2O7/c1-4-14-15(16-9-8-13(10-18(16)31-3)24-26-25-12(2)32-24)6-5-7-17(14)23-22(30)21(29)20(28)19(11-27)33-23/h5-10,19-23,27-30H,4,11H2,1-3H3/t19-,20-,21+,22+,23-/m1/s1. The van der Waals surface area contributed by atoms with Gasteiger partial charge in [0.15, 0.2) is 0 Å². The van der Waals surface area contributed by atoms with E-state index in [0.717, 1.165) is 22.3 Å². The van der Waals surface area contributed by atoms with Gasteiger partial charge >= 0.3 is 0 Å². The molecule has 2 aromatic carbocycles. The maximum Gasteiger partial charge on any atom is 0.247 e. The van der Waals surface area contributed by atoms with Gasteiger partial charge in [0, 0.05) is 18.1 Å². The molecule has 0 amide bonds. The lowest BCUT2D eigenvalue weighted by atomic mass is 9.85. The van der Waals surface area contributed by atoms with Crippen LogP contribution in [0.3, 0.4) is 0 Å². The predicted octanol–water partition coefficient (Wildman–Crippen LogP) is 1.80. The van der Waals surface area contributed by atoms with Crippen molar-refractivity contribution in [3.8, 4) is 28.3 Å². The van der Waals surface area contributed by atoms with E-state index >= 15 is 0 Å². The summed E-state index contributed by atoms with van der Waals surface area (Å²) in [6, 6.07) is 11.2. The van der Waals surface area contributed by atoms with Gasteiger partial charge in [-0.15, -0.1) is 10.2 Å². The Balaban J connectivity index is 1.78. The largest absolute Gasteiger partial charge is 0.496 e. The summed E-state index contributed by atoms with van der Waals surface area (Å²) >= 11 is 0. The van der Waals surface area contributed by atoms with Crippen LogP contribution in [-0.2, 0) is 11.2 Å². The van der Waals surface area contributed by atoms with E-state index in [1.54, 1.807) is 14.0 Å². The summed E-state index contributed by atoms with van der Waals surface area (Å²) in [6.07, 6.45) is -5.49. The second kappa shape index (κ2) is 9.58. The van der Waals surface area contributed by atoms with E-state index in [1.807, 2.05) is 43.3 Å². The summed E-state index contributed by atoms with van der Waals surface area (Å²) in [5.41, 5.74) is 3.98. The van der Waals surface area contributed by atoms with Gasteiger partial charge in [-0.1, -0.05) is 25.1 Å². The van der Waals surface area contributed by atoms with Gasteiger partial charge in [-0.3, -0.25) is 0 Å². The number of nitrogens with zero attached hydrogens (tertiary/aromatic N) is 2. The van der Waals surface area contributed by atoms with Crippen molar-refractivity contribution in [2.45, 2.75) is 50.8 Å². The maximum absolute atomic E-state index is 10.7. The molecular weight excluding hydrogens is 428 g/mol. The minimum absolute atomic E-state index is 0.392.